The van der Waals surface area contributed by atoms with Crippen molar-refractivity contribution in [2.45, 2.75) is 25.2 Å². The Labute approximate surface area is 148 Å². The SMILES string of the molecule is COc1cccc(C2CC2C(=O)N2CCC(Cc3cnn(C)c3)C2)c1. The number of aryl methyl sites for hydroxylation is 1. The van der Waals surface area contributed by atoms with Crippen molar-refractivity contribution in [2.24, 2.45) is 18.9 Å². The van der Waals surface area contributed by atoms with Crippen molar-refractivity contribution in [3.05, 3.63) is 47.8 Å². The lowest BCUT2D eigenvalue weighted by Crippen LogP contribution is -2.30. The Bertz CT molecular complexity index is 770. The van der Waals surface area contributed by atoms with Gasteiger partial charge in [-0.3, -0.25) is 9.48 Å². The smallest absolute Gasteiger partial charge is 0.226 e. The number of amides is 1. The molecule has 2 fully saturated rings. The van der Waals surface area contributed by atoms with Crippen molar-refractivity contribution in [2.75, 3.05) is 20.2 Å². The standard InChI is InChI=1S/C20H25N3O2/c1-22-12-15(11-21-22)8-14-6-7-23(13-14)20(24)19-10-18(19)16-4-3-5-17(9-16)25-2/h3-5,9,11-12,14,18-19H,6-8,10,13H2,1-2H3. The average Bonchev–Trinajstić information content (AvgIpc) is 3.12. The van der Waals surface area contributed by atoms with Crippen LogP contribution in [0.5, 0.6) is 5.75 Å². The number of nitrogens with zero attached hydrogens (tertiary/aromatic N) is 3. The van der Waals surface area contributed by atoms with Gasteiger partial charge in [-0.1, -0.05) is 12.1 Å². The number of rotatable bonds is 5. The Balaban J connectivity index is 1.33. The molecule has 1 saturated carbocycles. The lowest BCUT2D eigenvalue weighted by atomic mass is 10.0. The van der Waals surface area contributed by atoms with Crippen LogP contribution in [0.25, 0.3) is 0 Å². The first-order chi connectivity index (χ1) is 12.1. The molecule has 0 bridgehead atoms. The Morgan fingerprint density at radius 1 is 1.40 bits per heavy atom. The highest BCUT2D eigenvalue weighted by Crippen LogP contribution is 2.49. The van der Waals surface area contributed by atoms with Crippen LogP contribution < -0.4 is 4.74 Å². The zero-order chi connectivity index (χ0) is 17.4. The minimum atomic E-state index is 0.157. The van der Waals surface area contributed by atoms with Crippen molar-refractivity contribution in [3.8, 4) is 5.75 Å². The molecule has 1 aromatic heterocycles. The summed E-state index contributed by atoms with van der Waals surface area (Å²) in [7, 11) is 3.63. The second-order valence-corrected chi connectivity index (χ2v) is 7.39. The van der Waals surface area contributed by atoms with Gasteiger partial charge in [-0.15, -0.1) is 0 Å². The topological polar surface area (TPSA) is 47.4 Å². The molecule has 2 aromatic rings. The lowest BCUT2D eigenvalue weighted by molar-refractivity contribution is -0.131. The summed E-state index contributed by atoms with van der Waals surface area (Å²) in [6, 6.07) is 8.13. The zero-order valence-corrected chi connectivity index (χ0v) is 14.9. The number of methoxy groups -OCH3 is 1. The van der Waals surface area contributed by atoms with Crippen LogP contribution in [0.3, 0.4) is 0 Å². The number of aromatic nitrogens is 2. The van der Waals surface area contributed by atoms with Crippen molar-refractivity contribution < 1.29 is 9.53 Å². The van der Waals surface area contributed by atoms with E-state index < -0.39 is 0 Å². The van der Waals surface area contributed by atoms with Gasteiger partial charge in [0.15, 0.2) is 0 Å². The number of ether oxygens (including phenoxy) is 1. The van der Waals surface area contributed by atoms with E-state index in [4.69, 9.17) is 4.74 Å². The third kappa shape index (κ3) is 3.41. The summed E-state index contributed by atoms with van der Waals surface area (Å²) in [5.74, 6) is 2.28. The number of hydrogen-bond acceptors (Lipinski definition) is 3. The maximum atomic E-state index is 12.8. The third-order valence-corrected chi connectivity index (χ3v) is 5.51. The minimum Gasteiger partial charge on any atom is -0.497 e. The van der Waals surface area contributed by atoms with Crippen molar-refractivity contribution in [1.82, 2.24) is 14.7 Å². The van der Waals surface area contributed by atoms with Gasteiger partial charge < -0.3 is 9.64 Å². The van der Waals surface area contributed by atoms with E-state index in [1.807, 2.05) is 30.1 Å². The van der Waals surface area contributed by atoms with Crippen molar-refractivity contribution in [1.29, 1.82) is 0 Å². The number of likely N-dealkylation sites (tertiary alicyclic amines) is 1. The maximum Gasteiger partial charge on any atom is 0.226 e. The molecule has 0 spiro atoms. The lowest BCUT2D eigenvalue weighted by Gasteiger charge is -2.16. The molecule has 0 radical (unpaired) electrons. The summed E-state index contributed by atoms with van der Waals surface area (Å²) in [5, 5.41) is 4.23. The van der Waals surface area contributed by atoms with Gasteiger partial charge in [-0.25, -0.2) is 0 Å². The molecule has 5 heteroatoms. The highest BCUT2D eigenvalue weighted by Gasteiger charge is 2.46. The van der Waals surface area contributed by atoms with E-state index in [1.54, 1.807) is 7.11 Å². The van der Waals surface area contributed by atoms with E-state index in [-0.39, 0.29) is 5.92 Å². The van der Waals surface area contributed by atoms with E-state index in [0.29, 0.717) is 17.7 Å². The predicted octanol–water partition coefficient (Wildman–Crippen LogP) is 2.62. The van der Waals surface area contributed by atoms with Crippen LogP contribution in [0.15, 0.2) is 36.7 Å². The molecule has 132 valence electrons. The van der Waals surface area contributed by atoms with Crippen LogP contribution >= 0.6 is 0 Å². The van der Waals surface area contributed by atoms with Crippen LogP contribution in [-0.4, -0.2) is 40.8 Å². The molecule has 1 aliphatic heterocycles. The molecule has 0 N–H and O–H groups in total. The Morgan fingerprint density at radius 3 is 3.04 bits per heavy atom. The normalized spacial score (nSPS) is 25.2. The van der Waals surface area contributed by atoms with E-state index in [1.165, 1.54) is 11.1 Å². The molecule has 2 heterocycles. The number of hydrogen-bond donors (Lipinski definition) is 0. The largest absolute Gasteiger partial charge is 0.497 e. The second kappa shape index (κ2) is 6.54. The number of benzene rings is 1. The van der Waals surface area contributed by atoms with Crippen LogP contribution in [0, 0.1) is 11.8 Å². The van der Waals surface area contributed by atoms with Crippen molar-refractivity contribution >= 4 is 5.91 Å². The summed E-state index contributed by atoms with van der Waals surface area (Å²) >= 11 is 0. The molecule has 3 unspecified atom stereocenters. The fourth-order valence-corrected chi connectivity index (χ4v) is 4.05. The van der Waals surface area contributed by atoms with Gasteiger partial charge in [0.2, 0.25) is 5.91 Å². The highest BCUT2D eigenvalue weighted by molar-refractivity contribution is 5.83. The highest BCUT2D eigenvalue weighted by atomic mass is 16.5. The molecular formula is C20H25N3O2. The zero-order valence-electron chi connectivity index (χ0n) is 14.9. The molecule has 25 heavy (non-hydrogen) atoms. The number of carbonyl (C=O) groups is 1. The van der Waals surface area contributed by atoms with Crippen LogP contribution in [-0.2, 0) is 18.3 Å². The Kier molecular flexibility index (Phi) is 4.24. The summed E-state index contributed by atoms with van der Waals surface area (Å²) in [6.45, 7) is 1.78. The van der Waals surface area contributed by atoms with Crippen LogP contribution in [0.1, 0.15) is 29.9 Å². The van der Waals surface area contributed by atoms with E-state index in [2.05, 4.69) is 28.3 Å². The molecule has 1 aliphatic carbocycles. The van der Waals surface area contributed by atoms with Gasteiger partial charge in [0.1, 0.15) is 5.75 Å². The quantitative estimate of drug-likeness (QED) is 0.841. The van der Waals surface area contributed by atoms with Gasteiger partial charge in [0.25, 0.3) is 0 Å². The fraction of sp³-hybridized carbons (Fsp3) is 0.500. The van der Waals surface area contributed by atoms with Gasteiger partial charge in [0.05, 0.1) is 13.3 Å². The maximum absolute atomic E-state index is 12.8. The van der Waals surface area contributed by atoms with Crippen molar-refractivity contribution in [3.63, 3.8) is 0 Å². The van der Waals surface area contributed by atoms with Crippen LogP contribution in [0.4, 0.5) is 0 Å². The molecular weight excluding hydrogens is 314 g/mol. The molecule has 2 aliphatic rings. The van der Waals surface area contributed by atoms with E-state index in [9.17, 15) is 4.79 Å². The van der Waals surface area contributed by atoms with Gasteiger partial charge in [-0.2, -0.15) is 5.10 Å². The first-order valence-corrected chi connectivity index (χ1v) is 9.04. The minimum absolute atomic E-state index is 0.157. The predicted molar refractivity (Wildman–Crippen MR) is 95.4 cm³/mol. The molecule has 3 atom stereocenters. The van der Waals surface area contributed by atoms with E-state index in [0.717, 1.165) is 38.1 Å². The molecule has 1 aromatic carbocycles. The summed E-state index contributed by atoms with van der Waals surface area (Å²) < 4.78 is 7.14. The Hall–Kier alpha value is -2.30. The van der Waals surface area contributed by atoms with Gasteiger partial charge >= 0.3 is 0 Å². The average molecular weight is 339 g/mol. The fourth-order valence-electron chi connectivity index (χ4n) is 4.05. The van der Waals surface area contributed by atoms with Gasteiger partial charge in [0, 0.05) is 32.3 Å². The molecule has 4 rings (SSSR count). The van der Waals surface area contributed by atoms with Crippen LogP contribution in [0.2, 0.25) is 0 Å². The molecule has 1 saturated heterocycles. The van der Waals surface area contributed by atoms with E-state index >= 15 is 0 Å². The molecule has 1 amide bonds. The van der Waals surface area contributed by atoms with Gasteiger partial charge in [-0.05, 0) is 54.4 Å². The number of carbonyl (C=O) groups excluding carboxylic acids is 1. The second-order valence-electron chi connectivity index (χ2n) is 7.39. The summed E-state index contributed by atoms with van der Waals surface area (Å²) in [5.41, 5.74) is 2.49. The molecule has 5 nitrogen and oxygen atoms in total. The third-order valence-electron chi connectivity index (χ3n) is 5.51. The monoisotopic (exact) mass is 339 g/mol. The summed E-state index contributed by atoms with van der Waals surface area (Å²) in [6.07, 6.45) is 7.09. The first kappa shape index (κ1) is 16.2. The Morgan fingerprint density at radius 2 is 2.28 bits per heavy atom. The first-order valence-electron chi connectivity index (χ1n) is 9.04. The summed E-state index contributed by atoms with van der Waals surface area (Å²) in [4.78, 5) is 14.9.